The molecule has 2 aromatic rings. The Bertz CT molecular complexity index is 639. The molecule has 0 unspecified atom stereocenters. The van der Waals surface area contributed by atoms with E-state index >= 15 is 0 Å². The van der Waals surface area contributed by atoms with Crippen LogP contribution in [0.25, 0.3) is 11.1 Å². The Kier molecular flexibility index (Phi) is 3.74. The summed E-state index contributed by atoms with van der Waals surface area (Å²) in [5.74, 6) is -5.79. The lowest BCUT2D eigenvalue weighted by molar-refractivity contribution is 0.449. The van der Waals surface area contributed by atoms with Crippen molar-refractivity contribution >= 4 is 23.2 Å². The molecule has 0 aromatic heterocycles. The lowest BCUT2D eigenvalue weighted by atomic mass is 10.0. The summed E-state index contributed by atoms with van der Waals surface area (Å²) in [6, 6.07) is 3.65. The van der Waals surface area contributed by atoms with Crippen LogP contribution in [0.15, 0.2) is 18.2 Å². The molecule has 0 radical (unpaired) electrons. The fourth-order valence-corrected chi connectivity index (χ4v) is 1.94. The van der Waals surface area contributed by atoms with Crippen molar-refractivity contribution in [3.05, 3.63) is 57.1 Å². The van der Waals surface area contributed by atoms with Crippen LogP contribution in [0.3, 0.4) is 0 Å². The van der Waals surface area contributed by atoms with Gasteiger partial charge in [-0.3, -0.25) is 0 Å². The van der Waals surface area contributed by atoms with Crippen LogP contribution in [0.1, 0.15) is 5.56 Å². The van der Waals surface area contributed by atoms with Gasteiger partial charge in [0.1, 0.15) is 0 Å². The molecule has 0 spiro atoms. The second kappa shape index (κ2) is 5.02. The van der Waals surface area contributed by atoms with Crippen LogP contribution < -0.4 is 0 Å². The highest BCUT2D eigenvalue weighted by atomic mass is 35.5. The largest absolute Gasteiger partial charge is 0.203 e. The number of halogens is 6. The van der Waals surface area contributed by atoms with Gasteiger partial charge >= 0.3 is 0 Å². The molecular formula is C13H6Cl2F4. The lowest BCUT2D eigenvalue weighted by Gasteiger charge is -2.10. The maximum Gasteiger partial charge on any atom is 0.170 e. The standard InChI is InChI=1S/C13H6Cl2F4/c1-5-10(16)12(18)9(13(19)11(5)17)6-2-3-7(14)8(15)4-6/h2-4H,1H3. The molecule has 0 aliphatic heterocycles. The SMILES string of the molecule is Cc1c(F)c(F)c(-c2ccc(Cl)c(Cl)c2)c(F)c1F. The van der Waals surface area contributed by atoms with Gasteiger partial charge in [0.2, 0.25) is 0 Å². The monoisotopic (exact) mass is 308 g/mol. The fourth-order valence-electron chi connectivity index (χ4n) is 1.65. The quantitative estimate of drug-likeness (QED) is 0.480. The molecule has 0 fully saturated rings. The van der Waals surface area contributed by atoms with Gasteiger partial charge in [-0.15, -0.1) is 0 Å². The maximum atomic E-state index is 13.8. The smallest absolute Gasteiger partial charge is 0.170 e. The minimum Gasteiger partial charge on any atom is -0.203 e. The minimum absolute atomic E-state index is 0.0272. The van der Waals surface area contributed by atoms with Crippen LogP contribution in [0.5, 0.6) is 0 Å². The van der Waals surface area contributed by atoms with Gasteiger partial charge in [-0.05, 0) is 24.6 Å². The average Bonchev–Trinajstić information content (AvgIpc) is 2.38. The highest BCUT2D eigenvalue weighted by Crippen LogP contribution is 2.34. The van der Waals surface area contributed by atoms with E-state index in [0.717, 1.165) is 13.0 Å². The van der Waals surface area contributed by atoms with E-state index in [4.69, 9.17) is 23.2 Å². The van der Waals surface area contributed by atoms with Crippen molar-refractivity contribution in [2.45, 2.75) is 6.92 Å². The Balaban J connectivity index is 2.79. The van der Waals surface area contributed by atoms with Crippen molar-refractivity contribution in [3.8, 4) is 11.1 Å². The molecule has 0 bridgehead atoms. The summed E-state index contributed by atoms with van der Waals surface area (Å²) in [6.45, 7) is 0.954. The first kappa shape index (κ1) is 14.2. The zero-order chi connectivity index (χ0) is 14.3. The van der Waals surface area contributed by atoms with E-state index < -0.39 is 34.4 Å². The van der Waals surface area contributed by atoms with Gasteiger partial charge in [-0.2, -0.15) is 0 Å². The third-order valence-electron chi connectivity index (χ3n) is 2.69. The topological polar surface area (TPSA) is 0 Å². The maximum absolute atomic E-state index is 13.8. The van der Waals surface area contributed by atoms with E-state index in [9.17, 15) is 17.6 Å². The molecule has 0 atom stereocenters. The second-order valence-electron chi connectivity index (χ2n) is 3.88. The molecule has 100 valence electrons. The van der Waals surface area contributed by atoms with Gasteiger partial charge < -0.3 is 0 Å². The Morgan fingerprint density at radius 3 is 1.79 bits per heavy atom. The van der Waals surface area contributed by atoms with Gasteiger partial charge in [0, 0.05) is 5.56 Å². The zero-order valence-corrected chi connectivity index (χ0v) is 11.0. The highest BCUT2D eigenvalue weighted by Gasteiger charge is 2.24. The molecule has 0 saturated carbocycles. The number of hydrogen-bond donors (Lipinski definition) is 0. The van der Waals surface area contributed by atoms with E-state index in [1.54, 1.807) is 0 Å². The van der Waals surface area contributed by atoms with Crippen molar-refractivity contribution in [2.24, 2.45) is 0 Å². The molecule has 2 rings (SSSR count). The van der Waals surface area contributed by atoms with Crippen molar-refractivity contribution in [3.63, 3.8) is 0 Å². The van der Waals surface area contributed by atoms with Gasteiger partial charge in [0.05, 0.1) is 15.6 Å². The third-order valence-corrected chi connectivity index (χ3v) is 3.43. The number of hydrogen-bond acceptors (Lipinski definition) is 0. The second-order valence-corrected chi connectivity index (χ2v) is 4.70. The van der Waals surface area contributed by atoms with E-state index in [0.29, 0.717) is 0 Å². The Hall–Kier alpha value is -1.26. The van der Waals surface area contributed by atoms with E-state index in [2.05, 4.69) is 0 Å². The lowest BCUT2D eigenvalue weighted by Crippen LogP contribution is -2.03. The van der Waals surface area contributed by atoms with Gasteiger partial charge in [0.15, 0.2) is 23.3 Å². The summed E-state index contributed by atoms with van der Waals surface area (Å²) in [5, 5.41) is 0.193. The van der Waals surface area contributed by atoms with Crippen LogP contribution in [0, 0.1) is 30.2 Å². The predicted molar refractivity (Wildman–Crippen MR) is 66.5 cm³/mol. The first-order valence-corrected chi connectivity index (χ1v) is 5.88. The molecule has 0 heterocycles. The summed E-state index contributed by atoms with van der Waals surface area (Å²) in [5.41, 5.74) is -1.61. The van der Waals surface area contributed by atoms with E-state index in [1.807, 2.05) is 0 Å². The summed E-state index contributed by atoms with van der Waals surface area (Å²) in [4.78, 5) is 0. The zero-order valence-electron chi connectivity index (χ0n) is 9.50. The minimum atomic E-state index is -1.46. The summed E-state index contributed by atoms with van der Waals surface area (Å²) in [7, 11) is 0. The molecule has 0 saturated heterocycles. The highest BCUT2D eigenvalue weighted by molar-refractivity contribution is 6.42. The summed E-state index contributed by atoms with van der Waals surface area (Å²) in [6.07, 6.45) is 0. The van der Waals surface area contributed by atoms with Crippen molar-refractivity contribution in [2.75, 3.05) is 0 Å². The van der Waals surface area contributed by atoms with Crippen LogP contribution >= 0.6 is 23.2 Å². The normalized spacial score (nSPS) is 10.9. The fraction of sp³-hybridized carbons (Fsp3) is 0.0769. The molecule has 19 heavy (non-hydrogen) atoms. The van der Waals surface area contributed by atoms with Crippen LogP contribution in [0.2, 0.25) is 10.0 Å². The molecule has 0 aliphatic carbocycles. The Labute approximate surface area is 116 Å². The van der Waals surface area contributed by atoms with E-state index in [1.165, 1.54) is 12.1 Å². The Morgan fingerprint density at radius 2 is 1.32 bits per heavy atom. The first-order chi connectivity index (χ1) is 8.84. The van der Waals surface area contributed by atoms with Crippen LogP contribution in [-0.2, 0) is 0 Å². The van der Waals surface area contributed by atoms with E-state index in [-0.39, 0.29) is 15.6 Å². The molecule has 0 aliphatic rings. The van der Waals surface area contributed by atoms with Crippen molar-refractivity contribution in [1.29, 1.82) is 0 Å². The number of rotatable bonds is 1. The number of benzene rings is 2. The predicted octanol–water partition coefficient (Wildman–Crippen LogP) is 5.53. The molecule has 0 amide bonds. The van der Waals surface area contributed by atoms with Gasteiger partial charge in [-0.25, -0.2) is 17.6 Å². The van der Waals surface area contributed by atoms with Crippen molar-refractivity contribution in [1.82, 2.24) is 0 Å². The average molecular weight is 309 g/mol. The third kappa shape index (κ3) is 2.30. The molecule has 2 aromatic carbocycles. The summed E-state index contributed by atoms with van der Waals surface area (Å²) < 4.78 is 54.4. The molecule has 0 nitrogen and oxygen atoms in total. The van der Waals surface area contributed by atoms with Gasteiger partial charge in [-0.1, -0.05) is 29.3 Å². The summed E-state index contributed by atoms with van der Waals surface area (Å²) >= 11 is 11.4. The Morgan fingerprint density at radius 1 is 0.789 bits per heavy atom. The van der Waals surface area contributed by atoms with Crippen LogP contribution in [-0.4, -0.2) is 0 Å². The first-order valence-electron chi connectivity index (χ1n) is 5.12. The molecular weight excluding hydrogens is 303 g/mol. The van der Waals surface area contributed by atoms with Crippen LogP contribution in [0.4, 0.5) is 17.6 Å². The molecule has 6 heteroatoms. The molecule has 0 N–H and O–H groups in total. The van der Waals surface area contributed by atoms with Gasteiger partial charge in [0.25, 0.3) is 0 Å². The van der Waals surface area contributed by atoms with Crippen molar-refractivity contribution < 1.29 is 17.6 Å².